The second-order valence-corrected chi connectivity index (χ2v) is 5.79. The van der Waals surface area contributed by atoms with Crippen LogP contribution in [0.25, 0.3) is 11.4 Å². The van der Waals surface area contributed by atoms with Gasteiger partial charge in [0, 0.05) is 19.2 Å². The first-order chi connectivity index (χ1) is 12.1. The van der Waals surface area contributed by atoms with Gasteiger partial charge in [-0.05, 0) is 24.3 Å². The van der Waals surface area contributed by atoms with Crippen molar-refractivity contribution < 1.29 is 14.3 Å². The van der Waals surface area contributed by atoms with Gasteiger partial charge in [0.2, 0.25) is 5.91 Å². The topological polar surface area (TPSA) is 98.1 Å². The molecule has 0 unspecified atom stereocenters. The molecular formula is C16H19N5O3S. The van der Waals surface area contributed by atoms with Crippen LogP contribution in [-0.2, 0) is 11.3 Å². The summed E-state index contributed by atoms with van der Waals surface area (Å²) in [6.07, 6.45) is 1.73. The lowest BCUT2D eigenvalue weighted by Gasteiger charge is -2.08. The molecule has 2 aromatic rings. The number of imide groups is 1. The lowest BCUT2D eigenvalue weighted by atomic mass is 10.2. The molecule has 0 aliphatic carbocycles. The third kappa shape index (κ3) is 4.83. The van der Waals surface area contributed by atoms with Crippen LogP contribution in [0, 0.1) is 0 Å². The highest BCUT2D eigenvalue weighted by Crippen LogP contribution is 2.25. The van der Waals surface area contributed by atoms with Crippen LogP contribution in [0.1, 0.15) is 0 Å². The fraction of sp³-hybridized carbons (Fsp3) is 0.250. The number of rotatable bonds is 7. The standard InChI is InChI=1S/C16H19N5O3S/c1-4-9-21-14(11-5-7-12(24-3)8-6-11)19-20-16(21)25-10-13(22)18-15(23)17-2/h4-8H,1,9-10H2,2-3H3,(H2,17,18,22,23). The zero-order valence-electron chi connectivity index (χ0n) is 14.0. The average Bonchev–Trinajstić information content (AvgIpc) is 3.03. The van der Waals surface area contributed by atoms with Crippen molar-refractivity contribution in [1.29, 1.82) is 0 Å². The van der Waals surface area contributed by atoms with Crippen LogP contribution >= 0.6 is 11.8 Å². The van der Waals surface area contributed by atoms with Gasteiger partial charge in [0.25, 0.3) is 0 Å². The van der Waals surface area contributed by atoms with Gasteiger partial charge in [-0.3, -0.25) is 14.7 Å². The maximum absolute atomic E-state index is 11.7. The smallest absolute Gasteiger partial charge is 0.321 e. The van der Waals surface area contributed by atoms with Crippen molar-refractivity contribution in [2.45, 2.75) is 11.7 Å². The van der Waals surface area contributed by atoms with E-state index in [1.165, 1.54) is 18.8 Å². The number of nitrogens with zero attached hydrogens (tertiary/aromatic N) is 3. The first-order valence-electron chi connectivity index (χ1n) is 7.42. The predicted octanol–water partition coefficient (Wildman–Crippen LogP) is 1.69. The summed E-state index contributed by atoms with van der Waals surface area (Å²) in [5.41, 5.74) is 0.872. The number of ether oxygens (including phenoxy) is 1. The number of hydrogen-bond donors (Lipinski definition) is 2. The molecule has 2 rings (SSSR count). The molecule has 0 atom stereocenters. The zero-order chi connectivity index (χ0) is 18.2. The molecule has 0 aliphatic heterocycles. The molecule has 0 aliphatic rings. The Morgan fingerprint density at radius 2 is 2.04 bits per heavy atom. The molecule has 0 bridgehead atoms. The summed E-state index contributed by atoms with van der Waals surface area (Å²) in [5.74, 6) is 1.05. The first kappa shape index (κ1) is 18.5. The number of amides is 3. The van der Waals surface area contributed by atoms with Crippen LogP contribution < -0.4 is 15.4 Å². The summed E-state index contributed by atoms with van der Waals surface area (Å²) in [7, 11) is 3.05. The van der Waals surface area contributed by atoms with E-state index in [9.17, 15) is 9.59 Å². The third-order valence-electron chi connectivity index (χ3n) is 3.19. The van der Waals surface area contributed by atoms with Gasteiger partial charge in [0.05, 0.1) is 12.9 Å². The van der Waals surface area contributed by atoms with E-state index in [1.54, 1.807) is 13.2 Å². The number of nitrogens with one attached hydrogen (secondary N) is 2. The molecule has 1 aromatic heterocycles. The Morgan fingerprint density at radius 1 is 1.32 bits per heavy atom. The van der Waals surface area contributed by atoms with E-state index in [0.717, 1.165) is 11.3 Å². The highest BCUT2D eigenvalue weighted by atomic mass is 32.2. The van der Waals surface area contributed by atoms with Crippen LogP contribution in [-0.4, -0.2) is 46.6 Å². The van der Waals surface area contributed by atoms with Crippen molar-refractivity contribution in [3.05, 3.63) is 36.9 Å². The highest BCUT2D eigenvalue weighted by Gasteiger charge is 2.15. The number of thioether (sulfide) groups is 1. The largest absolute Gasteiger partial charge is 0.497 e. The Labute approximate surface area is 149 Å². The van der Waals surface area contributed by atoms with Crippen LogP contribution in [0.15, 0.2) is 42.1 Å². The molecule has 0 fully saturated rings. The molecule has 1 aromatic carbocycles. The van der Waals surface area contributed by atoms with Gasteiger partial charge in [0.1, 0.15) is 5.75 Å². The van der Waals surface area contributed by atoms with Crippen molar-refractivity contribution in [3.8, 4) is 17.1 Å². The molecule has 0 saturated carbocycles. The minimum atomic E-state index is -0.544. The van der Waals surface area contributed by atoms with Crippen LogP contribution in [0.3, 0.4) is 0 Å². The van der Waals surface area contributed by atoms with E-state index in [0.29, 0.717) is 17.5 Å². The van der Waals surface area contributed by atoms with Gasteiger partial charge >= 0.3 is 6.03 Å². The fourth-order valence-corrected chi connectivity index (χ4v) is 2.75. The van der Waals surface area contributed by atoms with E-state index in [4.69, 9.17) is 4.74 Å². The number of hydrogen-bond acceptors (Lipinski definition) is 6. The number of carbonyl (C=O) groups excluding carboxylic acids is 2. The zero-order valence-corrected chi connectivity index (χ0v) is 14.8. The van der Waals surface area contributed by atoms with Gasteiger partial charge in [-0.25, -0.2) is 4.79 Å². The van der Waals surface area contributed by atoms with Crippen LogP contribution in [0.2, 0.25) is 0 Å². The van der Waals surface area contributed by atoms with E-state index in [1.807, 2.05) is 28.8 Å². The van der Waals surface area contributed by atoms with E-state index >= 15 is 0 Å². The van der Waals surface area contributed by atoms with Crippen molar-refractivity contribution in [2.24, 2.45) is 0 Å². The van der Waals surface area contributed by atoms with Gasteiger partial charge < -0.3 is 10.1 Å². The highest BCUT2D eigenvalue weighted by molar-refractivity contribution is 7.99. The Morgan fingerprint density at radius 3 is 2.64 bits per heavy atom. The Hall–Kier alpha value is -2.81. The Kier molecular flexibility index (Phi) is 6.58. The van der Waals surface area contributed by atoms with Crippen molar-refractivity contribution >= 4 is 23.7 Å². The maximum Gasteiger partial charge on any atom is 0.321 e. The second kappa shape index (κ2) is 8.88. The second-order valence-electron chi connectivity index (χ2n) is 4.85. The number of urea groups is 1. The SMILES string of the molecule is C=CCn1c(SCC(=O)NC(=O)NC)nnc1-c1ccc(OC)cc1. The van der Waals surface area contributed by atoms with Gasteiger partial charge in [-0.15, -0.1) is 16.8 Å². The first-order valence-corrected chi connectivity index (χ1v) is 8.40. The Bertz CT molecular complexity index is 758. The lowest BCUT2D eigenvalue weighted by molar-refractivity contribution is -0.117. The molecule has 132 valence electrons. The number of carbonyl (C=O) groups is 2. The van der Waals surface area contributed by atoms with E-state index in [2.05, 4.69) is 27.4 Å². The summed E-state index contributed by atoms with van der Waals surface area (Å²) in [4.78, 5) is 22.9. The van der Waals surface area contributed by atoms with Gasteiger partial charge in [-0.2, -0.15) is 0 Å². The molecule has 0 spiro atoms. The number of benzene rings is 1. The summed E-state index contributed by atoms with van der Waals surface area (Å²) < 4.78 is 7.01. The molecule has 3 amide bonds. The molecule has 0 radical (unpaired) electrons. The monoisotopic (exact) mass is 361 g/mol. The lowest BCUT2D eigenvalue weighted by Crippen LogP contribution is -2.38. The number of aromatic nitrogens is 3. The molecular weight excluding hydrogens is 342 g/mol. The molecule has 25 heavy (non-hydrogen) atoms. The van der Waals surface area contributed by atoms with Crippen LogP contribution in [0.5, 0.6) is 5.75 Å². The summed E-state index contributed by atoms with van der Waals surface area (Å²) >= 11 is 1.20. The molecule has 1 heterocycles. The normalized spacial score (nSPS) is 10.2. The van der Waals surface area contributed by atoms with Crippen molar-refractivity contribution in [1.82, 2.24) is 25.4 Å². The minimum Gasteiger partial charge on any atom is -0.497 e. The van der Waals surface area contributed by atoms with Crippen molar-refractivity contribution in [3.63, 3.8) is 0 Å². The van der Waals surface area contributed by atoms with Gasteiger partial charge in [-0.1, -0.05) is 17.8 Å². The van der Waals surface area contributed by atoms with Crippen LogP contribution in [0.4, 0.5) is 4.79 Å². The predicted molar refractivity (Wildman–Crippen MR) is 95.5 cm³/mol. The van der Waals surface area contributed by atoms with E-state index < -0.39 is 11.9 Å². The Balaban J connectivity index is 2.16. The third-order valence-corrected chi connectivity index (χ3v) is 4.16. The minimum absolute atomic E-state index is 0.0469. The van der Waals surface area contributed by atoms with E-state index in [-0.39, 0.29) is 5.75 Å². The number of allylic oxidation sites excluding steroid dienone is 1. The molecule has 8 nitrogen and oxygen atoms in total. The quantitative estimate of drug-likeness (QED) is 0.575. The maximum atomic E-state index is 11.7. The summed E-state index contributed by atoms with van der Waals surface area (Å²) in [6.45, 7) is 4.24. The fourth-order valence-electron chi connectivity index (χ4n) is 2.00. The number of methoxy groups -OCH3 is 1. The summed E-state index contributed by atoms with van der Waals surface area (Å²) in [6, 6.07) is 6.90. The molecule has 2 N–H and O–H groups in total. The van der Waals surface area contributed by atoms with Gasteiger partial charge in [0.15, 0.2) is 11.0 Å². The van der Waals surface area contributed by atoms with Crippen molar-refractivity contribution in [2.75, 3.05) is 19.9 Å². The molecule has 9 heteroatoms. The molecule has 0 saturated heterocycles. The average molecular weight is 361 g/mol. The summed E-state index contributed by atoms with van der Waals surface area (Å²) in [5, 5.41) is 13.4.